The summed E-state index contributed by atoms with van der Waals surface area (Å²) in [6.07, 6.45) is 5.97. The van der Waals surface area contributed by atoms with E-state index in [0.29, 0.717) is 40.3 Å². The van der Waals surface area contributed by atoms with Gasteiger partial charge in [0.25, 0.3) is 0 Å². The van der Waals surface area contributed by atoms with Crippen molar-refractivity contribution in [2.24, 2.45) is 29.6 Å². The number of rotatable bonds is 6. The minimum absolute atomic E-state index is 0.0988. The van der Waals surface area contributed by atoms with Crippen LogP contribution in [0.25, 0.3) is 0 Å². The van der Waals surface area contributed by atoms with Crippen molar-refractivity contribution in [3.05, 3.63) is 71.3 Å². The highest BCUT2D eigenvalue weighted by Gasteiger charge is 2.55. The van der Waals surface area contributed by atoms with Gasteiger partial charge < -0.3 is 4.74 Å². The number of anilines is 1. The summed E-state index contributed by atoms with van der Waals surface area (Å²) in [5.74, 6) is 0.849. The van der Waals surface area contributed by atoms with Gasteiger partial charge in [-0.05, 0) is 67.0 Å². The van der Waals surface area contributed by atoms with E-state index in [4.69, 9.17) is 16.3 Å². The minimum Gasteiger partial charge on any atom is -0.485 e. The third kappa shape index (κ3) is 3.75. The minimum atomic E-state index is -0.267. The number of imide groups is 1. The van der Waals surface area contributed by atoms with Gasteiger partial charge in [0.15, 0.2) is 12.4 Å². The number of halogens is 1. The molecule has 6 heteroatoms. The van der Waals surface area contributed by atoms with E-state index in [-0.39, 0.29) is 42.0 Å². The van der Waals surface area contributed by atoms with E-state index in [1.54, 1.807) is 48.5 Å². The molecule has 5 rings (SSSR count). The lowest BCUT2D eigenvalue weighted by Crippen LogP contribution is -2.32. The maximum atomic E-state index is 13.3. The van der Waals surface area contributed by atoms with E-state index < -0.39 is 0 Å². The summed E-state index contributed by atoms with van der Waals surface area (Å²) in [6.45, 7) is 2.08. The Labute approximate surface area is 192 Å². The topological polar surface area (TPSA) is 63.7 Å². The van der Waals surface area contributed by atoms with E-state index in [0.717, 1.165) is 6.42 Å². The standard InChI is InChI=1S/C26H24ClNO4/c1-15-12-22(15)20-6-3-7-21-24(20)26(31)28(25(21)30)18-8-10-19(11-9-18)32-14-23(29)16-4-2-5-17(27)13-16/h2-6,8-11,13,15,20-22,24H,7,12,14H2,1H3/t15?,20-,21?,22?,24?/m1/s1. The molecule has 0 N–H and O–H groups in total. The Kier molecular flexibility index (Phi) is 5.38. The van der Waals surface area contributed by atoms with Crippen LogP contribution in [0.4, 0.5) is 5.69 Å². The molecule has 32 heavy (non-hydrogen) atoms. The first kappa shape index (κ1) is 21.0. The fourth-order valence-corrected chi connectivity index (χ4v) is 5.26. The number of fused-ring (bicyclic) bond motifs is 1. The van der Waals surface area contributed by atoms with Crippen LogP contribution in [-0.2, 0) is 9.59 Å². The van der Waals surface area contributed by atoms with Crippen LogP contribution in [0.2, 0.25) is 5.02 Å². The number of allylic oxidation sites excluding steroid dienone is 2. The maximum absolute atomic E-state index is 13.3. The smallest absolute Gasteiger partial charge is 0.238 e. The van der Waals surface area contributed by atoms with Crippen molar-refractivity contribution in [1.82, 2.24) is 0 Å². The molecule has 2 aromatic carbocycles. The van der Waals surface area contributed by atoms with Gasteiger partial charge in [-0.1, -0.05) is 42.8 Å². The molecule has 1 heterocycles. The molecule has 2 fully saturated rings. The molecule has 2 aliphatic carbocycles. The van der Waals surface area contributed by atoms with Gasteiger partial charge in [-0.2, -0.15) is 0 Å². The quantitative estimate of drug-likeness (QED) is 0.356. The Bertz CT molecular complexity index is 1110. The Balaban J connectivity index is 1.27. The second kappa shape index (κ2) is 8.21. The van der Waals surface area contributed by atoms with Crippen LogP contribution in [0.15, 0.2) is 60.7 Å². The SMILES string of the molecule is CC1CC1[C@H]1C=CCC2C(=O)N(c3ccc(OCC(=O)c4cccc(Cl)c4)cc3)C(=O)C21. The summed E-state index contributed by atoms with van der Waals surface area (Å²) in [4.78, 5) is 40.0. The van der Waals surface area contributed by atoms with Crippen LogP contribution in [0, 0.1) is 29.6 Å². The number of carbonyl (C=O) groups excluding carboxylic acids is 3. The monoisotopic (exact) mass is 449 g/mol. The molecule has 0 radical (unpaired) electrons. The van der Waals surface area contributed by atoms with E-state index in [1.165, 1.54) is 4.90 Å². The molecule has 0 aromatic heterocycles. The molecule has 1 aliphatic heterocycles. The fourth-order valence-electron chi connectivity index (χ4n) is 5.07. The molecule has 2 amide bonds. The van der Waals surface area contributed by atoms with E-state index >= 15 is 0 Å². The number of amides is 2. The molecule has 164 valence electrons. The van der Waals surface area contributed by atoms with Crippen LogP contribution >= 0.6 is 11.6 Å². The first-order chi connectivity index (χ1) is 15.4. The van der Waals surface area contributed by atoms with Crippen molar-refractivity contribution in [3.63, 3.8) is 0 Å². The Morgan fingerprint density at radius 3 is 2.56 bits per heavy atom. The molecule has 5 nitrogen and oxygen atoms in total. The zero-order valence-electron chi connectivity index (χ0n) is 17.7. The molecular formula is C26H24ClNO4. The Hall–Kier alpha value is -2.92. The largest absolute Gasteiger partial charge is 0.485 e. The van der Waals surface area contributed by atoms with Crippen molar-refractivity contribution < 1.29 is 19.1 Å². The van der Waals surface area contributed by atoms with E-state index in [9.17, 15) is 14.4 Å². The van der Waals surface area contributed by atoms with Crippen molar-refractivity contribution in [2.45, 2.75) is 19.8 Å². The summed E-state index contributed by atoms with van der Waals surface area (Å²) in [5.41, 5.74) is 1.03. The molecule has 0 spiro atoms. The highest BCUT2D eigenvalue weighted by Crippen LogP contribution is 2.53. The van der Waals surface area contributed by atoms with Gasteiger partial charge >= 0.3 is 0 Å². The average Bonchev–Trinajstić information content (AvgIpc) is 3.47. The lowest BCUT2D eigenvalue weighted by Gasteiger charge is -2.26. The third-order valence-corrected chi connectivity index (χ3v) is 7.15. The number of Topliss-reactive ketones (excluding diaryl/α,β-unsaturated/α-hetero) is 1. The zero-order chi connectivity index (χ0) is 22.4. The van der Waals surface area contributed by atoms with Gasteiger partial charge in [-0.25, -0.2) is 0 Å². The molecule has 3 aliphatic rings. The maximum Gasteiger partial charge on any atom is 0.238 e. The van der Waals surface area contributed by atoms with Crippen LogP contribution in [0.1, 0.15) is 30.1 Å². The number of ketones is 1. The number of benzene rings is 2. The third-order valence-electron chi connectivity index (χ3n) is 6.92. The average molecular weight is 450 g/mol. The summed E-state index contributed by atoms with van der Waals surface area (Å²) < 4.78 is 5.61. The first-order valence-electron chi connectivity index (χ1n) is 11.0. The Morgan fingerprint density at radius 2 is 1.88 bits per heavy atom. The molecule has 0 bridgehead atoms. The van der Waals surface area contributed by atoms with Crippen LogP contribution in [0.5, 0.6) is 5.75 Å². The molecule has 1 saturated carbocycles. The van der Waals surface area contributed by atoms with Crippen molar-refractivity contribution >= 4 is 34.9 Å². The van der Waals surface area contributed by atoms with Crippen molar-refractivity contribution in [1.29, 1.82) is 0 Å². The van der Waals surface area contributed by atoms with E-state index in [2.05, 4.69) is 19.1 Å². The predicted molar refractivity (Wildman–Crippen MR) is 122 cm³/mol. The Morgan fingerprint density at radius 1 is 1.12 bits per heavy atom. The molecule has 5 atom stereocenters. The first-order valence-corrected chi connectivity index (χ1v) is 11.4. The second-order valence-corrected chi connectivity index (χ2v) is 9.41. The van der Waals surface area contributed by atoms with Crippen molar-refractivity contribution in [3.8, 4) is 5.75 Å². The highest BCUT2D eigenvalue weighted by atomic mass is 35.5. The second-order valence-electron chi connectivity index (χ2n) is 8.98. The van der Waals surface area contributed by atoms with Gasteiger partial charge in [0.1, 0.15) is 5.75 Å². The summed E-state index contributed by atoms with van der Waals surface area (Å²) >= 11 is 5.93. The summed E-state index contributed by atoms with van der Waals surface area (Å²) in [7, 11) is 0. The fraction of sp³-hybridized carbons (Fsp3) is 0.346. The lowest BCUT2D eigenvalue weighted by atomic mass is 9.75. The number of nitrogens with zero attached hydrogens (tertiary/aromatic N) is 1. The summed E-state index contributed by atoms with van der Waals surface area (Å²) in [5, 5.41) is 0.495. The molecule has 1 saturated heterocycles. The van der Waals surface area contributed by atoms with Crippen LogP contribution < -0.4 is 9.64 Å². The lowest BCUT2D eigenvalue weighted by molar-refractivity contribution is -0.122. The number of carbonyl (C=O) groups is 3. The van der Waals surface area contributed by atoms with Crippen LogP contribution in [-0.4, -0.2) is 24.2 Å². The summed E-state index contributed by atoms with van der Waals surface area (Å²) in [6, 6.07) is 13.5. The molecule has 4 unspecified atom stereocenters. The van der Waals surface area contributed by atoms with Gasteiger partial charge in [0, 0.05) is 10.6 Å². The number of hydrogen-bond acceptors (Lipinski definition) is 4. The van der Waals surface area contributed by atoms with Gasteiger partial charge in [0.2, 0.25) is 11.8 Å². The highest BCUT2D eigenvalue weighted by molar-refractivity contribution is 6.31. The normalized spacial score (nSPS) is 28.6. The van der Waals surface area contributed by atoms with Gasteiger partial charge in [0.05, 0.1) is 17.5 Å². The molecular weight excluding hydrogens is 426 g/mol. The molecule has 2 aromatic rings. The number of hydrogen-bond donors (Lipinski definition) is 0. The van der Waals surface area contributed by atoms with Gasteiger partial charge in [-0.3, -0.25) is 19.3 Å². The van der Waals surface area contributed by atoms with Crippen LogP contribution in [0.3, 0.4) is 0 Å². The van der Waals surface area contributed by atoms with E-state index in [1.807, 2.05) is 0 Å². The van der Waals surface area contributed by atoms with Gasteiger partial charge in [-0.15, -0.1) is 0 Å². The zero-order valence-corrected chi connectivity index (χ0v) is 18.5. The predicted octanol–water partition coefficient (Wildman–Crippen LogP) is 4.94. The van der Waals surface area contributed by atoms with Crippen molar-refractivity contribution in [2.75, 3.05) is 11.5 Å². The number of ether oxygens (including phenoxy) is 1.